The molecule has 2 unspecified atom stereocenters. The molecule has 4 nitrogen and oxygen atoms in total. The van der Waals surface area contributed by atoms with Crippen molar-refractivity contribution in [3.8, 4) is 11.3 Å². The molecule has 3 aromatic rings. The number of carbonyl (C=O) groups excluding carboxylic acids is 1. The molecule has 0 radical (unpaired) electrons. The molecule has 4 heteroatoms. The number of carbonyl (C=O) groups is 1. The Bertz CT molecular complexity index is 1020. The van der Waals surface area contributed by atoms with Gasteiger partial charge in [0.1, 0.15) is 0 Å². The summed E-state index contributed by atoms with van der Waals surface area (Å²) in [4.78, 5) is 21.0. The van der Waals surface area contributed by atoms with Crippen LogP contribution in [0.3, 0.4) is 0 Å². The maximum absolute atomic E-state index is 13.1. The summed E-state index contributed by atoms with van der Waals surface area (Å²) in [5.41, 5.74) is 6.92. The van der Waals surface area contributed by atoms with E-state index in [4.69, 9.17) is 0 Å². The number of fused-ring (bicyclic) bond motifs is 2. The van der Waals surface area contributed by atoms with E-state index in [0.29, 0.717) is 0 Å². The second-order valence-corrected chi connectivity index (χ2v) is 7.86. The lowest BCUT2D eigenvalue weighted by molar-refractivity contribution is 0.0941. The van der Waals surface area contributed by atoms with Crippen molar-refractivity contribution in [2.24, 2.45) is 11.3 Å². The highest BCUT2D eigenvalue weighted by molar-refractivity contribution is 6.10. The molecule has 2 aliphatic carbocycles. The molecule has 5 rings (SSSR count). The molecule has 2 aromatic heterocycles. The molecule has 0 aliphatic heterocycles. The van der Waals surface area contributed by atoms with E-state index in [1.807, 2.05) is 49.5 Å². The van der Waals surface area contributed by atoms with Gasteiger partial charge < -0.3 is 10.3 Å². The molecule has 0 saturated heterocycles. The van der Waals surface area contributed by atoms with Crippen LogP contribution in [0.25, 0.3) is 11.3 Å². The summed E-state index contributed by atoms with van der Waals surface area (Å²) in [7, 11) is 0. The molecule has 1 saturated carbocycles. The van der Waals surface area contributed by atoms with Gasteiger partial charge in [-0.1, -0.05) is 25.1 Å². The average Bonchev–Trinajstić information content (AvgIpc) is 3.19. The number of rotatable bonds is 3. The summed E-state index contributed by atoms with van der Waals surface area (Å²) in [5, 5.41) is 3.51. The molecule has 2 atom stereocenters. The minimum Gasteiger partial charge on any atom is -0.356 e. The van der Waals surface area contributed by atoms with Crippen molar-refractivity contribution in [1.82, 2.24) is 9.97 Å². The fourth-order valence-corrected chi connectivity index (χ4v) is 4.25. The number of Topliss-reactive ketones (excluding diaryl/α,β-unsaturated/α-hetero) is 1. The van der Waals surface area contributed by atoms with Crippen molar-refractivity contribution >= 4 is 17.2 Å². The molecule has 2 N–H and O–H groups in total. The van der Waals surface area contributed by atoms with Crippen molar-refractivity contribution < 1.29 is 4.79 Å². The van der Waals surface area contributed by atoms with Crippen LogP contribution in [0.2, 0.25) is 0 Å². The monoisotopic (exact) mass is 343 g/mol. The normalized spacial score (nSPS) is 23.3. The predicted octanol–water partition coefficient (Wildman–Crippen LogP) is 4.89. The number of benzene rings is 1. The number of H-pyrrole nitrogens is 1. The van der Waals surface area contributed by atoms with Crippen LogP contribution >= 0.6 is 0 Å². The number of hydrogen-bond acceptors (Lipinski definition) is 3. The molecule has 130 valence electrons. The molecule has 1 aromatic carbocycles. The molecule has 0 amide bonds. The Hall–Kier alpha value is -2.88. The Balaban J connectivity index is 1.68. The molecular weight excluding hydrogens is 322 g/mol. The minimum atomic E-state index is 0.143. The van der Waals surface area contributed by atoms with Crippen molar-refractivity contribution in [2.45, 2.75) is 26.7 Å². The molecule has 1 fully saturated rings. The third-order valence-electron chi connectivity index (χ3n) is 5.80. The van der Waals surface area contributed by atoms with E-state index in [1.54, 1.807) is 0 Å². The van der Waals surface area contributed by atoms with E-state index < -0.39 is 0 Å². The number of hydrogen-bond donors (Lipinski definition) is 2. The number of aryl methyl sites for hydroxylation is 1. The van der Waals surface area contributed by atoms with Gasteiger partial charge >= 0.3 is 0 Å². The highest BCUT2D eigenvalue weighted by atomic mass is 16.1. The number of para-hydroxylation sites is 1. The largest absolute Gasteiger partial charge is 0.356 e. The van der Waals surface area contributed by atoms with E-state index in [-0.39, 0.29) is 17.1 Å². The maximum atomic E-state index is 13.1. The van der Waals surface area contributed by atoms with E-state index in [1.165, 1.54) is 0 Å². The Labute approximate surface area is 152 Å². The van der Waals surface area contributed by atoms with Crippen molar-refractivity contribution in [3.63, 3.8) is 0 Å². The third kappa shape index (κ3) is 2.29. The van der Waals surface area contributed by atoms with Gasteiger partial charge in [0.05, 0.1) is 16.9 Å². The summed E-state index contributed by atoms with van der Waals surface area (Å²) in [6, 6.07) is 14.1. The number of nitrogens with zero attached hydrogens (tertiary/aromatic N) is 1. The molecule has 0 bridgehead atoms. The van der Waals surface area contributed by atoms with Gasteiger partial charge in [0.25, 0.3) is 0 Å². The molecule has 2 heterocycles. The Morgan fingerprint density at radius 1 is 1.23 bits per heavy atom. The van der Waals surface area contributed by atoms with Crippen molar-refractivity contribution in [1.29, 1.82) is 0 Å². The zero-order valence-electron chi connectivity index (χ0n) is 15.0. The molecule has 0 spiro atoms. The Morgan fingerprint density at radius 3 is 2.81 bits per heavy atom. The Kier molecular flexibility index (Phi) is 3.14. The minimum absolute atomic E-state index is 0.143. The van der Waals surface area contributed by atoms with Gasteiger partial charge in [0.15, 0.2) is 5.78 Å². The summed E-state index contributed by atoms with van der Waals surface area (Å²) in [6.45, 7) is 4.21. The number of nitrogens with one attached hydrogen (secondary N) is 2. The lowest BCUT2D eigenvalue weighted by atomic mass is 9.87. The highest BCUT2D eigenvalue weighted by Crippen LogP contribution is 2.60. The number of aromatic amines is 1. The number of pyridine rings is 1. The zero-order valence-corrected chi connectivity index (χ0v) is 15.0. The standard InChI is InChI=1S/C22H21N3O/c1-13-10-14(8-9-23-13)19-20(24-15-6-4-3-5-7-15)18-17(25-19)12-22(2)11-16(22)21(18)26/h3-10,16,24-25H,11-12H2,1-2H3. The van der Waals surface area contributed by atoms with Crippen LogP contribution in [0.5, 0.6) is 0 Å². The highest BCUT2D eigenvalue weighted by Gasteiger charge is 2.58. The van der Waals surface area contributed by atoms with Gasteiger partial charge in [-0.15, -0.1) is 0 Å². The van der Waals surface area contributed by atoms with Crippen LogP contribution in [-0.2, 0) is 6.42 Å². The second-order valence-electron chi connectivity index (χ2n) is 7.86. The SMILES string of the molecule is Cc1cc(-c2[nH]c3c(c2Nc2ccccc2)C(=O)C2CC2(C)C3)ccn1. The van der Waals surface area contributed by atoms with E-state index >= 15 is 0 Å². The quantitative estimate of drug-likeness (QED) is 0.711. The molecular formula is C22H21N3O. The van der Waals surface area contributed by atoms with Crippen LogP contribution in [0.1, 0.15) is 35.1 Å². The maximum Gasteiger partial charge on any atom is 0.170 e. The first-order valence-corrected chi connectivity index (χ1v) is 9.09. The van der Waals surface area contributed by atoms with Gasteiger partial charge in [0, 0.05) is 34.8 Å². The summed E-state index contributed by atoms with van der Waals surface area (Å²) < 4.78 is 0. The fourth-order valence-electron chi connectivity index (χ4n) is 4.25. The number of ketones is 1. The fraction of sp³-hybridized carbons (Fsp3) is 0.273. The van der Waals surface area contributed by atoms with Crippen LogP contribution in [-0.4, -0.2) is 15.8 Å². The summed E-state index contributed by atoms with van der Waals surface area (Å²) in [6.07, 6.45) is 3.76. The van der Waals surface area contributed by atoms with Crippen LogP contribution in [0.15, 0.2) is 48.7 Å². The smallest absolute Gasteiger partial charge is 0.170 e. The van der Waals surface area contributed by atoms with Gasteiger partial charge in [-0.2, -0.15) is 0 Å². The third-order valence-corrected chi connectivity index (χ3v) is 5.80. The topological polar surface area (TPSA) is 57.8 Å². The van der Waals surface area contributed by atoms with Crippen molar-refractivity contribution in [2.75, 3.05) is 5.32 Å². The molecule has 26 heavy (non-hydrogen) atoms. The summed E-state index contributed by atoms with van der Waals surface area (Å²) in [5.74, 6) is 0.453. The van der Waals surface area contributed by atoms with Gasteiger partial charge in [-0.25, -0.2) is 0 Å². The zero-order chi connectivity index (χ0) is 17.9. The van der Waals surface area contributed by atoms with Gasteiger partial charge in [-0.05, 0) is 49.4 Å². The lowest BCUT2D eigenvalue weighted by Crippen LogP contribution is -2.19. The van der Waals surface area contributed by atoms with E-state index in [9.17, 15) is 4.79 Å². The molecule has 2 aliphatic rings. The second kappa shape index (κ2) is 5.31. The average molecular weight is 343 g/mol. The first kappa shape index (κ1) is 15.4. The van der Waals surface area contributed by atoms with Crippen LogP contribution < -0.4 is 5.32 Å². The van der Waals surface area contributed by atoms with E-state index in [2.05, 4.69) is 28.3 Å². The summed E-state index contributed by atoms with van der Waals surface area (Å²) >= 11 is 0. The number of anilines is 2. The van der Waals surface area contributed by atoms with Gasteiger partial charge in [-0.3, -0.25) is 9.78 Å². The van der Waals surface area contributed by atoms with Crippen LogP contribution in [0, 0.1) is 18.3 Å². The predicted molar refractivity (Wildman–Crippen MR) is 103 cm³/mol. The van der Waals surface area contributed by atoms with Crippen molar-refractivity contribution in [3.05, 3.63) is 65.6 Å². The first-order chi connectivity index (χ1) is 12.5. The Morgan fingerprint density at radius 2 is 2.04 bits per heavy atom. The lowest BCUT2D eigenvalue weighted by Gasteiger charge is -2.18. The van der Waals surface area contributed by atoms with Gasteiger partial charge in [0.2, 0.25) is 0 Å². The first-order valence-electron chi connectivity index (χ1n) is 9.09. The number of aromatic nitrogens is 2. The van der Waals surface area contributed by atoms with E-state index in [0.717, 1.165) is 52.4 Å². The van der Waals surface area contributed by atoms with Crippen LogP contribution in [0.4, 0.5) is 11.4 Å².